The molecule has 0 spiro atoms. The Morgan fingerprint density at radius 1 is 0.463 bits per heavy atom. The number of hydrogen-bond donors (Lipinski definition) is 1. The van der Waals surface area contributed by atoms with Crippen molar-refractivity contribution >= 4 is 49.1 Å². The molecule has 0 heterocycles. The molecule has 0 fully saturated rings. The highest BCUT2D eigenvalue weighted by atomic mass is 28.4. The fourth-order valence-electron chi connectivity index (χ4n) is 8.41. The van der Waals surface area contributed by atoms with E-state index < -0.39 is 41.2 Å². The standard InChI is InChI=1S/C28H31F3O3Si.C27H32O4Si/c1-27(2,3)35(24-12-6-4-7-13-24,25-14-8-5-9-15-25)34-20-10-11-22-16-18-23(19-17-22)33-21-26(32)28(29,30)31;1-27(2,3)32(24-12-6-4-7-13-24,25-14-8-5-9-15-25)31-20-10-11-22-16-18-23(19-17-22)30-21-26(28)29/h4-9,12-19H,10-11,20-21H2,1-3H3;4-9,12-19H,10-11,20-21H2,1-3H3,(H,28,29). The van der Waals surface area contributed by atoms with Gasteiger partial charge >= 0.3 is 12.1 Å². The molecule has 0 saturated heterocycles. The summed E-state index contributed by atoms with van der Waals surface area (Å²) < 4.78 is 61.0. The number of benzene rings is 6. The van der Waals surface area contributed by atoms with Gasteiger partial charge < -0.3 is 23.4 Å². The number of ether oxygens (including phenoxy) is 2. The number of carbonyl (C=O) groups excluding carboxylic acids is 1. The highest BCUT2D eigenvalue weighted by Crippen LogP contribution is 2.38. The van der Waals surface area contributed by atoms with Gasteiger partial charge in [0.1, 0.15) is 11.5 Å². The number of aliphatic carboxylic acids is 1. The first-order valence-electron chi connectivity index (χ1n) is 22.6. The van der Waals surface area contributed by atoms with Crippen LogP contribution in [0.15, 0.2) is 170 Å². The highest BCUT2D eigenvalue weighted by Gasteiger charge is 2.51. The fourth-order valence-corrected chi connectivity index (χ4v) is 17.6. The van der Waals surface area contributed by atoms with Crippen LogP contribution in [0, 0.1) is 0 Å². The lowest BCUT2D eigenvalue weighted by Gasteiger charge is -2.43. The van der Waals surface area contributed by atoms with E-state index in [9.17, 15) is 22.8 Å². The average molecular weight is 949 g/mol. The smallest absolute Gasteiger partial charge is 0.453 e. The SMILES string of the molecule is CC(C)(C)[Si](OCCCc1ccc(OCC(=O)C(F)(F)F)cc1)(c1ccccc1)c1ccccc1.CC(C)(C)[Si](OCCCc1ccc(OCC(=O)O)cc1)(c1ccccc1)c1ccccc1. The molecule has 67 heavy (non-hydrogen) atoms. The minimum Gasteiger partial charge on any atom is -0.485 e. The van der Waals surface area contributed by atoms with Crippen molar-refractivity contribution in [3.8, 4) is 11.5 Å². The van der Waals surface area contributed by atoms with Crippen LogP contribution in [-0.4, -0.2) is 66.1 Å². The van der Waals surface area contributed by atoms with Gasteiger partial charge in [0, 0.05) is 13.2 Å². The molecule has 6 aromatic carbocycles. The monoisotopic (exact) mass is 948 g/mol. The van der Waals surface area contributed by atoms with Gasteiger partial charge in [0.05, 0.1) is 0 Å². The Balaban J connectivity index is 0.000000252. The third-order valence-electron chi connectivity index (χ3n) is 11.6. The lowest BCUT2D eigenvalue weighted by Crippen LogP contribution is -2.66. The summed E-state index contributed by atoms with van der Waals surface area (Å²) in [7, 11) is -5.07. The molecule has 0 unspecified atom stereocenters. The summed E-state index contributed by atoms with van der Waals surface area (Å²) in [4.78, 5) is 21.6. The van der Waals surface area contributed by atoms with Gasteiger partial charge in [-0.25, -0.2) is 4.79 Å². The molecule has 0 aliphatic rings. The van der Waals surface area contributed by atoms with Crippen LogP contribution in [0.2, 0.25) is 10.1 Å². The number of ketones is 1. The molecule has 0 aliphatic heterocycles. The van der Waals surface area contributed by atoms with Gasteiger partial charge in [-0.2, -0.15) is 13.2 Å². The van der Waals surface area contributed by atoms with Gasteiger partial charge in [0.2, 0.25) is 0 Å². The number of alkyl halides is 3. The second kappa shape index (κ2) is 23.8. The van der Waals surface area contributed by atoms with Crippen molar-refractivity contribution in [1.29, 1.82) is 0 Å². The van der Waals surface area contributed by atoms with Crippen molar-refractivity contribution in [3.63, 3.8) is 0 Å². The van der Waals surface area contributed by atoms with Crippen LogP contribution in [0.5, 0.6) is 11.5 Å². The number of carbonyl (C=O) groups is 2. The van der Waals surface area contributed by atoms with Crippen molar-refractivity contribution in [1.82, 2.24) is 0 Å². The molecule has 0 bridgehead atoms. The van der Waals surface area contributed by atoms with E-state index >= 15 is 0 Å². The molecule has 7 nitrogen and oxygen atoms in total. The van der Waals surface area contributed by atoms with Crippen molar-refractivity contribution < 1.29 is 46.2 Å². The predicted molar refractivity (Wildman–Crippen MR) is 266 cm³/mol. The van der Waals surface area contributed by atoms with Crippen LogP contribution in [0.25, 0.3) is 0 Å². The third kappa shape index (κ3) is 14.1. The van der Waals surface area contributed by atoms with E-state index in [1.807, 2.05) is 36.4 Å². The number of rotatable bonds is 20. The van der Waals surface area contributed by atoms with E-state index in [-0.39, 0.29) is 22.4 Å². The molecular formula is C55H63F3O7Si2. The maximum Gasteiger partial charge on any atom is 0.453 e. The maximum atomic E-state index is 12.3. The quantitative estimate of drug-likeness (QED) is 0.0602. The topological polar surface area (TPSA) is 91.3 Å². The van der Waals surface area contributed by atoms with E-state index in [2.05, 4.69) is 151 Å². The summed E-state index contributed by atoms with van der Waals surface area (Å²) in [5.41, 5.74) is 2.20. The van der Waals surface area contributed by atoms with Gasteiger partial charge in [-0.05, 0) is 91.9 Å². The first-order chi connectivity index (χ1) is 31.9. The van der Waals surface area contributed by atoms with E-state index in [0.29, 0.717) is 19.0 Å². The predicted octanol–water partition coefficient (Wildman–Crippen LogP) is 10.4. The average Bonchev–Trinajstić information content (AvgIpc) is 3.31. The molecule has 0 aliphatic carbocycles. The van der Waals surface area contributed by atoms with Crippen LogP contribution in [0.1, 0.15) is 65.5 Å². The van der Waals surface area contributed by atoms with Crippen molar-refractivity contribution in [3.05, 3.63) is 181 Å². The van der Waals surface area contributed by atoms with E-state index in [1.54, 1.807) is 24.3 Å². The summed E-state index contributed by atoms with van der Waals surface area (Å²) in [6.07, 6.45) is -1.56. The van der Waals surface area contributed by atoms with Gasteiger partial charge in [0.25, 0.3) is 22.4 Å². The number of halogens is 3. The number of hydrogen-bond acceptors (Lipinski definition) is 6. The number of aryl methyl sites for hydroxylation is 2. The molecular weight excluding hydrogens is 886 g/mol. The third-order valence-corrected chi connectivity index (χ3v) is 21.7. The molecule has 0 radical (unpaired) electrons. The van der Waals surface area contributed by atoms with Crippen molar-refractivity contribution in [2.45, 2.75) is 83.5 Å². The summed E-state index contributed by atoms with van der Waals surface area (Å²) >= 11 is 0. The van der Waals surface area contributed by atoms with E-state index in [0.717, 1.165) is 31.2 Å². The van der Waals surface area contributed by atoms with Crippen LogP contribution >= 0.6 is 0 Å². The summed E-state index contributed by atoms with van der Waals surface area (Å²) in [6.45, 7) is 13.5. The maximum absolute atomic E-state index is 12.3. The van der Waals surface area contributed by atoms with Crippen LogP contribution in [0.4, 0.5) is 13.2 Å². The van der Waals surface area contributed by atoms with Crippen LogP contribution in [-0.2, 0) is 31.3 Å². The zero-order valence-corrected chi connectivity index (χ0v) is 41.4. The fraction of sp³-hybridized carbons (Fsp3) is 0.309. The van der Waals surface area contributed by atoms with Gasteiger partial charge in [-0.15, -0.1) is 0 Å². The first-order valence-corrected chi connectivity index (χ1v) is 26.4. The van der Waals surface area contributed by atoms with Crippen molar-refractivity contribution in [2.24, 2.45) is 0 Å². The first kappa shape index (κ1) is 52.2. The van der Waals surface area contributed by atoms with Gasteiger partial charge in [-0.1, -0.05) is 187 Å². The largest absolute Gasteiger partial charge is 0.485 e. The van der Waals surface area contributed by atoms with E-state index in [4.69, 9.17) is 23.4 Å². The number of carboxylic acid groups (broad SMARTS) is 1. The Labute approximate surface area is 396 Å². The van der Waals surface area contributed by atoms with Crippen molar-refractivity contribution in [2.75, 3.05) is 26.4 Å². The normalized spacial score (nSPS) is 12.1. The summed E-state index contributed by atoms with van der Waals surface area (Å²) in [6, 6.07) is 56.6. The van der Waals surface area contributed by atoms with Gasteiger partial charge in [0.15, 0.2) is 13.2 Å². The van der Waals surface area contributed by atoms with Crippen LogP contribution in [0.3, 0.4) is 0 Å². The lowest BCUT2D eigenvalue weighted by molar-refractivity contribution is -0.173. The summed E-state index contributed by atoms with van der Waals surface area (Å²) in [5, 5.41) is 13.6. The second-order valence-corrected chi connectivity index (χ2v) is 27.0. The van der Waals surface area contributed by atoms with E-state index in [1.165, 1.54) is 26.3 Å². The minimum atomic E-state index is -4.88. The zero-order chi connectivity index (χ0) is 48.6. The molecule has 0 saturated carbocycles. The lowest BCUT2D eigenvalue weighted by atomic mass is 10.1. The van der Waals surface area contributed by atoms with Gasteiger partial charge in [-0.3, -0.25) is 4.79 Å². The Kier molecular flexibility index (Phi) is 18.5. The Morgan fingerprint density at radius 3 is 1.03 bits per heavy atom. The molecule has 12 heteroatoms. The highest BCUT2D eigenvalue weighted by molar-refractivity contribution is 7.00. The molecule has 0 amide bonds. The molecule has 6 aromatic rings. The Hall–Kier alpha value is -5.80. The zero-order valence-electron chi connectivity index (χ0n) is 39.4. The molecule has 0 aromatic heterocycles. The molecule has 0 atom stereocenters. The minimum absolute atomic E-state index is 0.0289. The molecule has 354 valence electrons. The molecule has 1 N–H and O–H groups in total. The number of carboxylic acids is 1. The summed E-state index contributed by atoms with van der Waals surface area (Å²) in [5.74, 6) is -2.08. The number of Topliss-reactive ketones (excluding diaryl/α,β-unsaturated/α-hetero) is 1. The molecule has 6 rings (SSSR count). The Morgan fingerprint density at radius 2 is 0.761 bits per heavy atom. The Bertz CT molecular complexity index is 2320. The second-order valence-electron chi connectivity index (χ2n) is 18.4. The van der Waals surface area contributed by atoms with Crippen LogP contribution < -0.4 is 30.2 Å².